The molecule has 15 heteroatoms. The second-order valence-corrected chi connectivity index (χ2v) is 30.0. The third-order valence-electron chi connectivity index (χ3n) is 23.7. The van der Waals surface area contributed by atoms with Gasteiger partial charge in [-0.2, -0.15) is 0 Å². The summed E-state index contributed by atoms with van der Waals surface area (Å²) >= 11 is 0. The van der Waals surface area contributed by atoms with Crippen LogP contribution in [0.2, 0.25) is 0 Å². The Morgan fingerprint density at radius 1 is 0.417 bits per heavy atom. The van der Waals surface area contributed by atoms with Gasteiger partial charge in [-0.1, -0.05) is 111 Å². The van der Waals surface area contributed by atoms with Gasteiger partial charge in [-0.3, -0.25) is 48.7 Å². The second kappa shape index (κ2) is 33.6. The first-order valence-electron chi connectivity index (χ1n) is 37.7. The molecule has 2 aromatic carbocycles. The Kier molecular flexibility index (Phi) is 24.2. The molecule has 2 unspecified atom stereocenters. The van der Waals surface area contributed by atoms with Crippen molar-refractivity contribution in [2.75, 3.05) is 52.4 Å². The van der Waals surface area contributed by atoms with E-state index in [1.165, 1.54) is 134 Å². The zero-order chi connectivity index (χ0) is 66.3. The quantitative estimate of drug-likeness (QED) is 0.0661. The van der Waals surface area contributed by atoms with Crippen LogP contribution in [0.1, 0.15) is 240 Å². The largest absolute Gasteiger partial charge is 0.481 e. The second-order valence-electron chi connectivity index (χ2n) is 30.0. The number of carbonyl (C=O) groups is 5. The molecule has 0 spiro atoms. The third-order valence-corrected chi connectivity index (χ3v) is 23.7. The van der Waals surface area contributed by atoms with Crippen molar-refractivity contribution >= 4 is 29.7 Å². The van der Waals surface area contributed by atoms with Crippen LogP contribution in [-0.2, 0) is 68.9 Å². The maximum atomic E-state index is 13.3. The van der Waals surface area contributed by atoms with Gasteiger partial charge in [0, 0.05) is 97.7 Å². The summed E-state index contributed by atoms with van der Waals surface area (Å²) in [5.74, 6) is -0.0869. The summed E-state index contributed by atoms with van der Waals surface area (Å²) in [6, 6.07) is 31.3. The van der Waals surface area contributed by atoms with E-state index >= 15 is 0 Å². The molecule has 5 aliphatic carbocycles. The average molecular weight is 1310 g/mol. The number of carbonyl (C=O) groups excluding carboxylic acids is 2. The zero-order valence-corrected chi connectivity index (χ0v) is 57.1. The number of aryl methyl sites for hydroxylation is 7. The van der Waals surface area contributed by atoms with Gasteiger partial charge in [-0.15, -0.1) is 0 Å². The molecule has 5 aromatic rings. The number of carboxylic acids is 3. The minimum atomic E-state index is -0.854. The van der Waals surface area contributed by atoms with Crippen LogP contribution >= 0.6 is 0 Å². The molecule has 7 atom stereocenters. The molecule has 7 heterocycles. The molecule has 0 radical (unpaired) electrons. The van der Waals surface area contributed by atoms with E-state index < -0.39 is 30.0 Å². The van der Waals surface area contributed by atoms with Crippen molar-refractivity contribution in [1.29, 1.82) is 0 Å². The number of aliphatic carboxylic acids is 3. The monoisotopic (exact) mass is 1310 g/mol. The number of hydrogen-bond acceptors (Lipinski definition) is 10. The maximum absolute atomic E-state index is 13.3. The van der Waals surface area contributed by atoms with Crippen molar-refractivity contribution in [1.82, 2.24) is 34.6 Å². The Hall–Kier alpha value is -6.84. The minimum Gasteiger partial charge on any atom is -0.481 e. The molecule has 0 bridgehead atoms. The van der Waals surface area contributed by atoms with Crippen molar-refractivity contribution in [3.05, 3.63) is 159 Å². The van der Waals surface area contributed by atoms with Crippen LogP contribution in [-0.4, -0.2) is 132 Å². The van der Waals surface area contributed by atoms with Crippen molar-refractivity contribution in [2.45, 2.75) is 223 Å². The summed E-state index contributed by atoms with van der Waals surface area (Å²) in [4.78, 5) is 85.6. The van der Waals surface area contributed by atoms with E-state index in [0.717, 1.165) is 166 Å². The highest BCUT2D eigenvalue weighted by atomic mass is 16.4. The standard InChI is InChI=1S/C28H40N2O3.C27H33N3O3.C26H34N2O2/c31-27(23-11-10-22(18-23)26(28(32)33)21-7-2-1-3-8-21)30-16-14-20(15-17-30)25-13-12-19-6-4-5-9-24(19)29-25;31-26(22-14-17-30(18-22)25(27(32)33)21-7-2-1-3-8-21)29-15-12-20(13-16-29)24-11-10-19-6-4-5-9-23(19)28-24;29-26(30)25(22-11-4-2-5-12-22)28-18-17-20(19-28)9-3-1-6-13-23-16-15-21-10-7-8-14-24(21)27-23/h12-13,20-23,26H,1-11,14-18H2,(H,32,33);1-3,7-8,10-11,20,22,25H,4-6,9,12-18H2,(H,32,33);2,4-5,11-12,15-16,20,25H,1,3,6-10,13-14,17-19H2,(H,29,30)/t22?,23-,26-;22-,25-;20-,25?/m111/s1. The number of nitrogens with zero attached hydrogens (tertiary/aromatic N) is 7. The first kappa shape index (κ1) is 69.1. The number of aromatic nitrogens is 3. The van der Waals surface area contributed by atoms with Crippen LogP contribution in [0.25, 0.3) is 0 Å². The first-order chi connectivity index (χ1) is 46.9. The minimum absolute atomic E-state index is 0.0267. The van der Waals surface area contributed by atoms with Crippen LogP contribution < -0.4 is 0 Å². The molecule has 14 rings (SSSR count). The zero-order valence-electron chi connectivity index (χ0n) is 57.1. The lowest BCUT2D eigenvalue weighted by Crippen LogP contribution is -2.42. The summed E-state index contributed by atoms with van der Waals surface area (Å²) in [5.41, 5.74) is 13.6. The molecule has 4 saturated heterocycles. The number of benzene rings is 2. The van der Waals surface area contributed by atoms with E-state index in [-0.39, 0.29) is 35.5 Å². The van der Waals surface area contributed by atoms with Gasteiger partial charge in [0.05, 0.1) is 11.8 Å². The number of rotatable bonds is 19. The Bertz CT molecular complexity index is 3400. The lowest BCUT2D eigenvalue weighted by molar-refractivity contribution is -0.147. The molecule has 2 amide bonds. The van der Waals surface area contributed by atoms with Crippen molar-refractivity contribution in [2.24, 2.45) is 35.5 Å². The maximum Gasteiger partial charge on any atom is 0.325 e. The summed E-state index contributed by atoms with van der Waals surface area (Å²) in [6.07, 6.45) is 34.4. The van der Waals surface area contributed by atoms with E-state index in [1.807, 2.05) is 70.5 Å². The fourth-order valence-corrected chi connectivity index (χ4v) is 18.3. The van der Waals surface area contributed by atoms with E-state index in [2.05, 4.69) is 46.2 Å². The molecular weight excluding hydrogens is 1200 g/mol. The van der Waals surface area contributed by atoms with Gasteiger partial charge in [0.1, 0.15) is 12.1 Å². The predicted molar refractivity (Wildman–Crippen MR) is 373 cm³/mol. The number of carboxylic acid groups (broad SMARTS) is 3. The van der Waals surface area contributed by atoms with E-state index in [0.29, 0.717) is 36.8 Å². The van der Waals surface area contributed by atoms with E-state index in [4.69, 9.17) is 15.0 Å². The smallest absolute Gasteiger partial charge is 0.325 e. The summed E-state index contributed by atoms with van der Waals surface area (Å²) in [5, 5.41) is 29.6. The van der Waals surface area contributed by atoms with Gasteiger partial charge in [0.25, 0.3) is 0 Å². The molecule has 4 aliphatic heterocycles. The molecule has 514 valence electrons. The van der Waals surface area contributed by atoms with Crippen molar-refractivity contribution in [3.8, 4) is 0 Å². The molecule has 2 saturated carbocycles. The average Bonchev–Trinajstić information content (AvgIpc) is 1.64. The molecule has 3 aromatic heterocycles. The number of fused-ring (bicyclic) bond motifs is 3. The molecular formula is C81H107N7O8. The number of piperidine rings is 2. The summed E-state index contributed by atoms with van der Waals surface area (Å²) in [6.45, 7) is 6.09. The third kappa shape index (κ3) is 17.5. The van der Waals surface area contributed by atoms with Crippen molar-refractivity contribution in [3.63, 3.8) is 0 Å². The number of hydrogen-bond donors (Lipinski definition) is 3. The van der Waals surface area contributed by atoms with Gasteiger partial charge in [-0.25, -0.2) is 0 Å². The van der Waals surface area contributed by atoms with Crippen LogP contribution in [0.15, 0.2) is 97.1 Å². The fourth-order valence-electron chi connectivity index (χ4n) is 18.3. The summed E-state index contributed by atoms with van der Waals surface area (Å²) in [7, 11) is 0. The lowest BCUT2D eigenvalue weighted by Gasteiger charge is -2.34. The normalized spacial score (nSPS) is 23.6. The van der Waals surface area contributed by atoms with Gasteiger partial charge >= 0.3 is 17.9 Å². The predicted octanol–water partition coefficient (Wildman–Crippen LogP) is 14.4. The Labute approximate surface area is 570 Å². The Balaban J connectivity index is 0.000000138. The molecule has 96 heavy (non-hydrogen) atoms. The van der Waals surface area contributed by atoms with Crippen LogP contribution in [0, 0.1) is 35.5 Å². The van der Waals surface area contributed by atoms with Gasteiger partial charge < -0.3 is 25.1 Å². The van der Waals surface area contributed by atoms with Crippen LogP contribution in [0.5, 0.6) is 0 Å². The van der Waals surface area contributed by atoms with Gasteiger partial charge in [-0.05, 0) is 237 Å². The van der Waals surface area contributed by atoms with Gasteiger partial charge in [0.15, 0.2) is 0 Å². The number of likely N-dealkylation sites (tertiary alicyclic amines) is 4. The topological polar surface area (TPSA) is 198 Å². The number of pyridine rings is 3. The molecule has 9 aliphatic rings. The molecule has 15 nitrogen and oxygen atoms in total. The Morgan fingerprint density at radius 2 is 0.906 bits per heavy atom. The molecule has 3 N–H and O–H groups in total. The van der Waals surface area contributed by atoms with E-state index in [9.17, 15) is 39.3 Å². The highest BCUT2D eigenvalue weighted by molar-refractivity contribution is 5.81. The highest BCUT2D eigenvalue weighted by Crippen LogP contribution is 2.45. The molecule has 6 fully saturated rings. The van der Waals surface area contributed by atoms with Crippen LogP contribution in [0.3, 0.4) is 0 Å². The fraction of sp³-hybridized carbons (Fsp3) is 0.605. The number of amides is 2. The van der Waals surface area contributed by atoms with Gasteiger partial charge in [0.2, 0.25) is 11.8 Å². The van der Waals surface area contributed by atoms with Crippen molar-refractivity contribution < 1.29 is 39.3 Å². The SMILES string of the molecule is O=C(O)C(c1ccccc1)N1CC[C@@H](CCCCCc2ccc3c(n2)CCCC3)C1.O=C(O)[C@@H](c1ccccc1)N1CC[C@@H](C(=O)N2CCC(c3ccc4c(n3)CCCC4)CC2)C1.O=C(O)[C@H](C1CCCCC1)C1CC[C@@H](C(=O)N2CCC(c3ccc4c(n3)CCCC4)CC2)C1. The Morgan fingerprint density at radius 3 is 1.44 bits per heavy atom. The van der Waals surface area contributed by atoms with E-state index in [1.54, 1.807) is 0 Å². The highest BCUT2D eigenvalue weighted by Gasteiger charge is 2.44. The lowest BCUT2D eigenvalue weighted by atomic mass is 9.73. The summed E-state index contributed by atoms with van der Waals surface area (Å²) < 4.78 is 0. The van der Waals surface area contributed by atoms with Crippen LogP contribution in [0.4, 0.5) is 0 Å². The number of unbranched alkanes of at least 4 members (excludes halogenated alkanes) is 2. The first-order valence-corrected chi connectivity index (χ1v) is 37.7.